The second kappa shape index (κ2) is 7.72. The lowest BCUT2D eigenvalue weighted by molar-refractivity contribution is 0.600. The van der Waals surface area contributed by atoms with Gasteiger partial charge in [0.15, 0.2) is 5.82 Å². The van der Waals surface area contributed by atoms with E-state index in [4.69, 9.17) is 34.8 Å². The van der Waals surface area contributed by atoms with E-state index in [-0.39, 0.29) is 15.7 Å². The molecule has 0 saturated heterocycles. The summed E-state index contributed by atoms with van der Waals surface area (Å²) in [4.78, 5) is 0.150. The fourth-order valence-corrected chi connectivity index (χ4v) is 4.26. The minimum atomic E-state index is -3.80. The summed E-state index contributed by atoms with van der Waals surface area (Å²) in [6.45, 7) is 4.09. The van der Waals surface area contributed by atoms with Crippen molar-refractivity contribution in [3.8, 4) is 0 Å². The Labute approximate surface area is 172 Å². The minimum absolute atomic E-state index is 0.0555. The van der Waals surface area contributed by atoms with Crippen LogP contribution in [0.25, 0.3) is 0 Å². The first-order chi connectivity index (χ1) is 12.7. The predicted molar refractivity (Wildman–Crippen MR) is 110 cm³/mol. The van der Waals surface area contributed by atoms with Gasteiger partial charge in [-0.3, -0.25) is 9.40 Å². The summed E-state index contributed by atoms with van der Waals surface area (Å²) in [5.41, 5.74) is 2.67. The van der Waals surface area contributed by atoms with Gasteiger partial charge in [0, 0.05) is 16.2 Å². The largest absolute Gasteiger partial charge is 0.265 e. The number of nitrogens with one attached hydrogen (secondary N) is 1. The number of rotatable bonds is 5. The fourth-order valence-electron chi connectivity index (χ4n) is 2.44. The van der Waals surface area contributed by atoms with E-state index in [0.717, 1.165) is 16.7 Å². The molecule has 0 aliphatic carbocycles. The van der Waals surface area contributed by atoms with E-state index in [1.807, 2.05) is 13.8 Å². The second-order valence-electron chi connectivity index (χ2n) is 6.11. The topological polar surface area (TPSA) is 64.0 Å². The molecule has 0 radical (unpaired) electrons. The third-order valence-corrected chi connectivity index (χ3v) is 6.28. The number of hydrogen-bond donors (Lipinski definition) is 1. The van der Waals surface area contributed by atoms with Crippen LogP contribution in [0.15, 0.2) is 47.5 Å². The number of sulfonamides is 1. The molecule has 0 spiro atoms. The summed E-state index contributed by atoms with van der Waals surface area (Å²) in [6.07, 6.45) is 1.53. The van der Waals surface area contributed by atoms with Crippen molar-refractivity contribution in [2.24, 2.45) is 0 Å². The molecule has 0 aliphatic heterocycles. The van der Waals surface area contributed by atoms with Gasteiger partial charge in [-0.2, -0.15) is 5.10 Å². The van der Waals surface area contributed by atoms with E-state index in [2.05, 4.69) is 9.82 Å². The molecule has 1 aromatic heterocycles. The molecule has 0 amide bonds. The van der Waals surface area contributed by atoms with Crippen molar-refractivity contribution < 1.29 is 8.42 Å². The zero-order valence-corrected chi connectivity index (χ0v) is 17.6. The number of aromatic nitrogens is 2. The van der Waals surface area contributed by atoms with E-state index >= 15 is 0 Å². The van der Waals surface area contributed by atoms with Gasteiger partial charge in [0.05, 0.1) is 11.4 Å². The van der Waals surface area contributed by atoms with Crippen LogP contribution in [0.5, 0.6) is 0 Å². The van der Waals surface area contributed by atoms with Gasteiger partial charge in [-0.05, 0) is 54.8 Å². The van der Waals surface area contributed by atoms with Crippen LogP contribution in [-0.2, 0) is 16.6 Å². The summed E-state index contributed by atoms with van der Waals surface area (Å²) in [6, 6.07) is 10.0. The molecule has 0 atom stereocenters. The number of aryl methyl sites for hydroxylation is 2. The van der Waals surface area contributed by atoms with Crippen LogP contribution >= 0.6 is 34.8 Å². The maximum atomic E-state index is 12.6. The van der Waals surface area contributed by atoms with Gasteiger partial charge in [-0.1, -0.05) is 46.9 Å². The van der Waals surface area contributed by atoms with Crippen LogP contribution in [0.4, 0.5) is 5.82 Å². The van der Waals surface area contributed by atoms with Crippen molar-refractivity contribution in [3.05, 3.63) is 74.4 Å². The Morgan fingerprint density at radius 1 is 1.00 bits per heavy atom. The lowest BCUT2D eigenvalue weighted by Gasteiger charge is -2.08. The quantitative estimate of drug-likeness (QED) is 0.580. The lowest BCUT2D eigenvalue weighted by Crippen LogP contribution is -2.14. The summed E-state index contributed by atoms with van der Waals surface area (Å²) in [5, 5.41) is 5.43. The molecule has 0 unspecified atom stereocenters. The number of hydrogen-bond acceptors (Lipinski definition) is 3. The molecular formula is C18H16Cl3N3O2S. The highest BCUT2D eigenvalue weighted by atomic mass is 35.5. The highest BCUT2D eigenvalue weighted by Gasteiger charge is 2.19. The highest BCUT2D eigenvalue weighted by Crippen LogP contribution is 2.26. The number of halogens is 3. The van der Waals surface area contributed by atoms with Gasteiger partial charge in [0.1, 0.15) is 5.02 Å². The number of nitrogens with zero attached hydrogens (tertiary/aromatic N) is 2. The Hall–Kier alpha value is -1.73. The molecule has 3 aromatic rings. The third kappa shape index (κ3) is 4.58. The van der Waals surface area contributed by atoms with Crippen molar-refractivity contribution in [2.75, 3.05) is 4.72 Å². The van der Waals surface area contributed by atoms with E-state index in [0.29, 0.717) is 16.6 Å². The molecule has 3 rings (SSSR count). The first-order valence-corrected chi connectivity index (χ1v) is 10.5. The zero-order chi connectivity index (χ0) is 19.8. The average Bonchev–Trinajstić information content (AvgIpc) is 2.91. The van der Waals surface area contributed by atoms with Gasteiger partial charge < -0.3 is 0 Å². The molecule has 0 saturated carbocycles. The molecular weight excluding hydrogens is 429 g/mol. The molecule has 2 aromatic carbocycles. The fraction of sp³-hybridized carbons (Fsp3) is 0.167. The molecule has 27 heavy (non-hydrogen) atoms. The van der Waals surface area contributed by atoms with Crippen molar-refractivity contribution in [2.45, 2.75) is 25.3 Å². The van der Waals surface area contributed by atoms with Crippen molar-refractivity contribution in [1.29, 1.82) is 0 Å². The Morgan fingerprint density at radius 3 is 2.41 bits per heavy atom. The van der Waals surface area contributed by atoms with Gasteiger partial charge in [-0.15, -0.1) is 0 Å². The molecule has 5 nitrogen and oxygen atoms in total. The number of anilines is 1. The molecule has 1 heterocycles. The summed E-state index contributed by atoms with van der Waals surface area (Å²) < 4.78 is 29.2. The maximum absolute atomic E-state index is 12.6. The van der Waals surface area contributed by atoms with Crippen molar-refractivity contribution in [3.63, 3.8) is 0 Å². The monoisotopic (exact) mass is 443 g/mol. The van der Waals surface area contributed by atoms with Gasteiger partial charge >= 0.3 is 0 Å². The minimum Gasteiger partial charge on any atom is -0.265 e. The molecule has 0 bridgehead atoms. The third-order valence-electron chi connectivity index (χ3n) is 4.08. The average molecular weight is 445 g/mol. The highest BCUT2D eigenvalue weighted by molar-refractivity contribution is 7.92. The molecule has 142 valence electrons. The normalized spacial score (nSPS) is 11.6. The predicted octanol–water partition coefficient (Wildman–Crippen LogP) is 5.31. The summed E-state index contributed by atoms with van der Waals surface area (Å²) >= 11 is 18.2. The van der Waals surface area contributed by atoms with Crippen LogP contribution in [0.1, 0.15) is 16.7 Å². The van der Waals surface area contributed by atoms with Crippen LogP contribution in [0.2, 0.25) is 15.1 Å². The van der Waals surface area contributed by atoms with Gasteiger partial charge in [0.25, 0.3) is 10.0 Å². The first kappa shape index (κ1) is 20.0. The Bertz CT molecular complexity index is 1110. The second-order valence-corrected chi connectivity index (χ2v) is 9.04. The lowest BCUT2D eigenvalue weighted by atomic mass is 10.1. The van der Waals surface area contributed by atoms with Crippen molar-refractivity contribution in [1.82, 2.24) is 9.78 Å². The Balaban J connectivity index is 1.84. The first-order valence-electron chi connectivity index (χ1n) is 7.92. The van der Waals surface area contributed by atoms with Crippen LogP contribution in [-0.4, -0.2) is 18.2 Å². The van der Waals surface area contributed by atoms with Gasteiger partial charge in [-0.25, -0.2) is 8.42 Å². The van der Waals surface area contributed by atoms with Crippen LogP contribution in [0.3, 0.4) is 0 Å². The Morgan fingerprint density at radius 2 is 1.74 bits per heavy atom. The van der Waals surface area contributed by atoms with E-state index in [1.165, 1.54) is 10.9 Å². The zero-order valence-electron chi connectivity index (χ0n) is 14.5. The maximum Gasteiger partial charge on any atom is 0.263 e. The van der Waals surface area contributed by atoms with Gasteiger partial charge in [0.2, 0.25) is 0 Å². The molecule has 9 heteroatoms. The van der Waals surface area contributed by atoms with Crippen LogP contribution < -0.4 is 4.72 Å². The SMILES string of the molecule is Cc1ccc(S(=O)(=O)Nc2nn(Cc3ccc(Cl)cc3Cl)cc2Cl)cc1C. The smallest absolute Gasteiger partial charge is 0.263 e. The Kier molecular flexibility index (Phi) is 5.72. The van der Waals surface area contributed by atoms with E-state index in [9.17, 15) is 8.42 Å². The molecule has 0 fully saturated rings. The van der Waals surface area contributed by atoms with Crippen LogP contribution in [0, 0.1) is 13.8 Å². The molecule has 0 aliphatic rings. The van der Waals surface area contributed by atoms with Crippen molar-refractivity contribution >= 4 is 50.6 Å². The van der Waals surface area contributed by atoms with E-state index < -0.39 is 10.0 Å². The summed E-state index contributed by atoms with van der Waals surface area (Å²) in [7, 11) is -3.80. The standard InChI is InChI=1S/C18H16Cl3N3O2S/c1-11-3-6-15(7-12(11)2)27(25,26)23-18-17(21)10-24(22-18)9-13-4-5-14(19)8-16(13)20/h3-8,10H,9H2,1-2H3,(H,22,23). The number of benzene rings is 2. The molecule has 1 N–H and O–H groups in total. The summed E-state index contributed by atoms with van der Waals surface area (Å²) in [5.74, 6) is 0.0555. The van der Waals surface area contributed by atoms with E-state index in [1.54, 1.807) is 36.4 Å².